The Morgan fingerprint density at radius 1 is 1.41 bits per heavy atom. The molecule has 2 N–H and O–H groups in total. The molecule has 0 aliphatic carbocycles. The van der Waals surface area contributed by atoms with Crippen LogP contribution in [0.3, 0.4) is 0 Å². The van der Waals surface area contributed by atoms with Crippen LogP contribution in [-0.4, -0.2) is 39.9 Å². The number of aromatic nitrogens is 2. The zero-order valence-corrected chi connectivity index (χ0v) is 10.8. The summed E-state index contributed by atoms with van der Waals surface area (Å²) in [6, 6.07) is 3.06. The molecule has 0 radical (unpaired) electrons. The lowest BCUT2D eigenvalue weighted by Gasteiger charge is -2.42. The summed E-state index contributed by atoms with van der Waals surface area (Å²) in [6.45, 7) is 7.77. The highest BCUT2D eigenvalue weighted by Crippen LogP contribution is 2.42. The standard InChI is InChI=1S/C13H22N4/c1-10(2)16-7-4-13(5-8-16)11(14)9-17-12(13)3-6-15-17/h3,6,10-11H,4-5,7-9,14H2,1-2H3/t11-/m1/s1. The second kappa shape index (κ2) is 3.82. The van der Waals surface area contributed by atoms with Crippen LogP contribution in [-0.2, 0) is 12.0 Å². The second-order valence-electron chi connectivity index (χ2n) is 5.79. The van der Waals surface area contributed by atoms with E-state index in [1.54, 1.807) is 0 Å². The van der Waals surface area contributed by atoms with Gasteiger partial charge >= 0.3 is 0 Å². The Bertz CT molecular complexity index is 401. The number of hydrogen-bond donors (Lipinski definition) is 1. The predicted octanol–water partition coefficient (Wildman–Crippen LogP) is 0.966. The summed E-state index contributed by atoms with van der Waals surface area (Å²) in [7, 11) is 0. The average Bonchev–Trinajstić information content (AvgIpc) is 2.85. The molecule has 3 heterocycles. The molecule has 17 heavy (non-hydrogen) atoms. The largest absolute Gasteiger partial charge is 0.325 e. The van der Waals surface area contributed by atoms with Crippen molar-refractivity contribution in [1.82, 2.24) is 14.7 Å². The zero-order valence-electron chi connectivity index (χ0n) is 10.8. The van der Waals surface area contributed by atoms with Crippen molar-refractivity contribution in [2.24, 2.45) is 5.73 Å². The fourth-order valence-electron chi connectivity index (χ4n) is 3.52. The first-order chi connectivity index (χ1) is 8.13. The molecule has 3 rings (SSSR count). The van der Waals surface area contributed by atoms with Crippen LogP contribution in [0.2, 0.25) is 0 Å². The van der Waals surface area contributed by atoms with E-state index in [4.69, 9.17) is 5.73 Å². The van der Waals surface area contributed by atoms with Gasteiger partial charge in [0.1, 0.15) is 0 Å². The maximum absolute atomic E-state index is 6.38. The lowest BCUT2D eigenvalue weighted by molar-refractivity contribution is 0.120. The highest BCUT2D eigenvalue weighted by Gasteiger charge is 2.47. The molecular weight excluding hydrogens is 212 g/mol. The summed E-state index contributed by atoms with van der Waals surface area (Å²) in [5.41, 5.74) is 7.95. The van der Waals surface area contributed by atoms with E-state index in [9.17, 15) is 0 Å². The molecule has 94 valence electrons. The van der Waals surface area contributed by atoms with Crippen LogP contribution in [0.25, 0.3) is 0 Å². The molecule has 1 atom stereocenters. The van der Waals surface area contributed by atoms with Crippen molar-refractivity contribution < 1.29 is 0 Å². The van der Waals surface area contributed by atoms with Gasteiger partial charge in [0.25, 0.3) is 0 Å². The molecule has 1 fully saturated rings. The molecule has 1 aromatic rings. The summed E-state index contributed by atoms with van der Waals surface area (Å²) >= 11 is 0. The maximum atomic E-state index is 6.38. The Balaban J connectivity index is 1.85. The van der Waals surface area contributed by atoms with Gasteiger partial charge in [-0.1, -0.05) is 0 Å². The van der Waals surface area contributed by atoms with Crippen LogP contribution in [0.5, 0.6) is 0 Å². The molecule has 2 aliphatic rings. The minimum absolute atomic E-state index is 0.196. The van der Waals surface area contributed by atoms with Crippen molar-refractivity contribution in [1.29, 1.82) is 0 Å². The number of nitrogens with two attached hydrogens (primary N) is 1. The first-order valence-corrected chi connectivity index (χ1v) is 6.65. The number of hydrogen-bond acceptors (Lipinski definition) is 3. The molecule has 0 aromatic carbocycles. The van der Waals surface area contributed by atoms with Crippen molar-refractivity contribution in [2.45, 2.75) is 50.7 Å². The average molecular weight is 234 g/mol. The number of rotatable bonds is 1. The molecule has 0 saturated carbocycles. The summed E-state index contributed by atoms with van der Waals surface area (Å²) < 4.78 is 2.11. The van der Waals surface area contributed by atoms with Gasteiger partial charge in [0.2, 0.25) is 0 Å². The van der Waals surface area contributed by atoms with Crippen molar-refractivity contribution in [3.05, 3.63) is 18.0 Å². The van der Waals surface area contributed by atoms with E-state index >= 15 is 0 Å². The molecule has 4 heteroatoms. The Kier molecular flexibility index (Phi) is 2.52. The minimum atomic E-state index is 0.196. The van der Waals surface area contributed by atoms with E-state index in [0.29, 0.717) is 6.04 Å². The van der Waals surface area contributed by atoms with Gasteiger partial charge in [-0.3, -0.25) is 4.68 Å². The molecule has 1 saturated heterocycles. The van der Waals surface area contributed by atoms with Crippen LogP contribution in [0.1, 0.15) is 32.4 Å². The molecule has 1 aromatic heterocycles. The Labute approximate surface area is 103 Å². The van der Waals surface area contributed by atoms with Gasteiger partial charge < -0.3 is 10.6 Å². The van der Waals surface area contributed by atoms with E-state index in [1.165, 1.54) is 18.5 Å². The number of piperidine rings is 1. The van der Waals surface area contributed by atoms with Gasteiger partial charge in [-0.25, -0.2) is 0 Å². The third-order valence-electron chi connectivity index (χ3n) is 4.73. The number of nitrogens with zero attached hydrogens (tertiary/aromatic N) is 3. The van der Waals surface area contributed by atoms with E-state index in [0.717, 1.165) is 19.6 Å². The van der Waals surface area contributed by atoms with Gasteiger partial charge in [0.15, 0.2) is 0 Å². The normalized spacial score (nSPS) is 27.9. The Morgan fingerprint density at radius 3 is 2.76 bits per heavy atom. The molecule has 0 unspecified atom stereocenters. The monoisotopic (exact) mass is 234 g/mol. The van der Waals surface area contributed by atoms with Crippen LogP contribution >= 0.6 is 0 Å². The minimum Gasteiger partial charge on any atom is -0.325 e. The smallest absolute Gasteiger partial charge is 0.0573 e. The van der Waals surface area contributed by atoms with Crippen LogP contribution in [0.15, 0.2) is 12.3 Å². The van der Waals surface area contributed by atoms with E-state index in [-0.39, 0.29) is 11.5 Å². The number of fused-ring (bicyclic) bond motifs is 2. The van der Waals surface area contributed by atoms with Gasteiger partial charge in [-0.2, -0.15) is 5.10 Å². The first-order valence-electron chi connectivity index (χ1n) is 6.65. The summed E-state index contributed by atoms with van der Waals surface area (Å²) in [5, 5.41) is 4.37. The summed E-state index contributed by atoms with van der Waals surface area (Å²) in [4.78, 5) is 2.55. The lowest BCUT2D eigenvalue weighted by Crippen LogP contribution is -2.51. The summed E-state index contributed by atoms with van der Waals surface area (Å²) in [6.07, 6.45) is 4.27. The first kappa shape index (κ1) is 11.2. The quantitative estimate of drug-likeness (QED) is 0.787. The third-order valence-corrected chi connectivity index (χ3v) is 4.73. The molecule has 4 nitrogen and oxygen atoms in total. The molecule has 1 spiro atoms. The lowest BCUT2D eigenvalue weighted by atomic mass is 9.72. The maximum Gasteiger partial charge on any atom is 0.0573 e. The van der Waals surface area contributed by atoms with Crippen molar-refractivity contribution >= 4 is 0 Å². The highest BCUT2D eigenvalue weighted by molar-refractivity contribution is 5.25. The Morgan fingerprint density at radius 2 is 2.12 bits per heavy atom. The van der Waals surface area contributed by atoms with E-state index in [1.807, 2.05) is 6.20 Å². The fourth-order valence-corrected chi connectivity index (χ4v) is 3.52. The van der Waals surface area contributed by atoms with Crippen LogP contribution in [0, 0.1) is 0 Å². The van der Waals surface area contributed by atoms with Gasteiger partial charge in [-0.15, -0.1) is 0 Å². The van der Waals surface area contributed by atoms with E-state index in [2.05, 4.69) is 34.6 Å². The highest BCUT2D eigenvalue weighted by atomic mass is 15.3. The van der Waals surface area contributed by atoms with Crippen molar-refractivity contribution in [2.75, 3.05) is 13.1 Å². The van der Waals surface area contributed by atoms with Gasteiger partial charge in [0.05, 0.1) is 6.54 Å². The van der Waals surface area contributed by atoms with Crippen molar-refractivity contribution in [3.8, 4) is 0 Å². The van der Waals surface area contributed by atoms with Gasteiger partial charge in [-0.05, 0) is 45.8 Å². The van der Waals surface area contributed by atoms with Crippen molar-refractivity contribution in [3.63, 3.8) is 0 Å². The fraction of sp³-hybridized carbons (Fsp3) is 0.769. The molecule has 0 bridgehead atoms. The Hall–Kier alpha value is -0.870. The topological polar surface area (TPSA) is 47.1 Å². The van der Waals surface area contributed by atoms with Crippen LogP contribution < -0.4 is 5.73 Å². The second-order valence-corrected chi connectivity index (χ2v) is 5.79. The molecule has 0 amide bonds. The van der Waals surface area contributed by atoms with Gasteiger partial charge in [0, 0.05) is 29.4 Å². The predicted molar refractivity (Wildman–Crippen MR) is 67.8 cm³/mol. The third kappa shape index (κ3) is 1.54. The summed E-state index contributed by atoms with van der Waals surface area (Å²) in [5.74, 6) is 0. The SMILES string of the molecule is CC(C)N1CCC2(CC1)c1ccnn1C[C@H]2N. The van der Waals surface area contributed by atoms with E-state index < -0.39 is 0 Å². The zero-order chi connectivity index (χ0) is 12.0. The number of likely N-dealkylation sites (tertiary alicyclic amines) is 1. The molecule has 2 aliphatic heterocycles. The van der Waals surface area contributed by atoms with Crippen LogP contribution in [0.4, 0.5) is 0 Å². The molecular formula is C13H22N4.